The van der Waals surface area contributed by atoms with Crippen molar-refractivity contribution >= 4 is 47.5 Å². The lowest BCUT2D eigenvalue weighted by Crippen LogP contribution is -2.70. The molecule has 0 aromatic carbocycles. The predicted octanol–water partition coefficient (Wildman–Crippen LogP) is 0.721. The topological polar surface area (TPSA) is 200 Å². The molecule has 42 heavy (non-hydrogen) atoms. The lowest BCUT2D eigenvalue weighted by atomic mass is 9.93. The van der Waals surface area contributed by atoms with E-state index in [1.807, 2.05) is 0 Å². The first kappa shape index (κ1) is 32.7. The van der Waals surface area contributed by atoms with Crippen molar-refractivity contribution in [3.63, 3.8) is 0 Å². The number of aliphatic hydroxyl groups excluding tert-OH is 1. The molecular formula is C27H35N3O11S. The molecule has 3 atom stereocenters. The van der Waals surface area contributed by atoms with Gasteiger partial charge in [-0.05, 0) is 46.1 Å². The number of nitrogens with one attached hydrogen (secondary N) is 1. The standard InChI is InChI=1S/C27H35N3O11S/c1-5-40-26(38)16-10-17(27(39)41-6-2)14(4)29(13(16)3)18(24(34)35)8-7-9-19(32)28-20-22(33)30-21(25(36)37)15(11-31)12-42-23(20)30/h18,20,23,31H,5-12H2,1-4H3,(H,28,32)(H,34,35)(H,36,37)/t18-,20-,23-/m1/s1. The number of nitrogens with zero attached hydrogens (tertiary/aromatic N) is 2. The van der Waals surface area contributed by atoms with Gasteiger partial charge in [-0.3, -0.25) is 14.5 Å². The molecule has 0 spiro atoms. The molecule has 0 aliphatic carbocycles. The van der Waals surface area contributed by atoms with Crippen molar-refractivity contribution in [1.29, 1.82) is 0 Å². The van der Waals surface area contributed by atoms with Crippen LogP contribution in [0.15, 0.2) is 33.8 Å². The van der Waals surface area contributed by atoms with Gasteiger partial charge in [0.2, 0.25) is 5.91 Å². The second-order valence-corrected chi connectivity index (χ2v) is 10.8. The maximum Gasteiger partial charge on any atom is 0.352 e. The lowest BCUT2D eigenvalue weighted by molar-refractivity contribution is -0.150. The van der Waals surface area contributed by atoms with Gasteiger partial charge in [-0.25, -0.2) is 19.2 Å². The first-order valence-electron chi connectivity index (χ1n) is 13.4. The number of fused-ring (bicyclic) bond motifs is 1. The summed E-state index contributed by atoms with van der Waals surface area (Å²) in [5, 5.41) is 31.0. The van der Waals surface area contributed by atoms with Crippen molar-refractivity contribution in [2.24, 2.45) is 0 Å². The first-order valence-corrected chi connectivity index (χ1v) is 14.5. The van der Waals surface area contributed by atoms with Crippen molar-refractivity contribution in [2.75, 3.05) is 25.6 Å². The number of carbonyl (C=O) groups is 6. The molecular weight excluding hydrogens is 574 g/mol. The van der Waals surface area contributed by atoms with Gasteiger partial charge < -0.3 is 35.0 Å². The SMILES string of the molecule is CCOC(=O)C1=C(C)N([C@H](CCCC(=O)N[C@@H]2C(=O)N3C(C(=O)O)=C(CO)CS[C@H]23)C(=O)O)C(C)=C(C(=O)OCC)C1. The number of carbonyl (C=O) groups excluding carboxylic acids is 4. The Kier molecular flexibility index (Phi) is 10.8. The largest absolute Gasteiger partial charge is 0.480 e. The molecule has 3 aliphatic heterocycles. The lowest BCUT2D eigenvalue weighted by Gasteiger charge is -2.49. The van der Waals surface area contributed by atoms with Gasteiger partial charge in [0.15, 0.2) is 0 Å². The van der Waals surface area contributed by atoms with Crippen LogP contribution >= 0.6 is 11.8 Å². The Balaban J connectivity index is 1.72. The van der Waals surface area contributed by atoms with Gasteiger partial charge in [0.25, 0.3) is 5.91 Å². The van der Waals surface area contributed by atoms with Gasteiger partial charge >= 0.3 is 23.9 Å². The molecule has 3 heterocycles. The van der Waals surface area contributed by atoms with E-state index in [1.54, 1.807) is 27.7 Å². The molecule has 2 amide bonds. The highest BCUT2D eigenvalue weighted by Gasteiger charge is 2.54. The van der Waals surface area contributed by atoms with Gasteiger partial charge in [0, 0.05) is 30.0 Å². The van der Waals surface area contributed by atoms with Gasteiger partial charge in [-0.1, -0.05) is 0 Å². The molecule has 1 fully saturated rings. The molecule has 0 bridgehead atoms. The minimum absolute atomic E-state index is 0.0433. The summed E-state index contributed by atoms with van der Waals surface area (Å²) in [7, 11) is 0. The van der Waals surface area contributed by atoms with Crippen LogP contribution in [0.5, 0.6) is 0 Å². The monoisotopic (exact) mass is 609 g/mol. The minimum atomic E-state index is -1.34. The second-order valence-electron chi connectivity index (χ2n) is 9.73. The van der Waals surface area contributed by atoms with Crippen LogP contribution < -0.4 is 5.32 Å². The highest BCUT2D eigenvalue weighted by molar-refractivity contribution is 8.00. The maximum absolute atomic E-state index is 12.7. The Morgan fingerprint density at radius 1 is 1.02 bits per heavy atom. The van der Waals surface area contributed by atoms with Crippen LogP contribution in [0.2, 0.25) is 0 Å². The molecule has 0 radical (unpaired) electrons. The molecule has 0 saturated carbocycles. The van der Waals surface area contributed by atoms with E-state index in [-0.39, 0.29) is 67.1 Å². The maximum atomic E-state index is 12.7. The van der Waals surface area contributed by atoms with Crippen molar-refractivity contribution in [3.8, 4) is 0 Å². The summed E-state index contributed by atoms with van der Waals surface area (Å²) in [6, 6.07) is -2.19. The summed E-state index contributed by atoms with van der Waals surface area (Å²) in [6.07, 6.45) is -0.174. The zero-order valence-corrected chi connectivity index (χ0v) is 24.6. The number of hydrogen-bond donors (Lipinski definition) is 4. The number of thioether (sulfide) groups is 1. The molecule has 0 aromatic heterocycles. The quantitative estimate of drug-likeness (QED) is 0.168. The van der Waals surface area contributed by atoms with Gasteiger partial charge in [0.1, 0.15) is 23.2 Å². The van der Waals surface area contributed by atoms with E-state index in [4.69, 9.17) is 9.47 Å². The summed E-state index contributed by atoms with van der Waals surface area (Å²) in [6.45, 7) is 6.06. The number of carboxylic acid groups (broad SMARTS) is 2. The van der Waals surface area contributed by atoms with Crippen LogP contribution in [0.4, 0.5) is 0 Å². The summed E-state index contributed by atoms with van der Waals surface area (Å²) in [5.41, 5.74) is 0.826. The first-order chi connectivity index (χ1) is 19.9. The Labute approximate surface area is 246 Å². The molecule has 230 valence electrons. The van der Waals surface area contributed by atoms with Crippen molar-refractivity contribution in [2.45, 2.75) is 70.8 Å². The van der Waals surface area contributed by atoms with Crippen LogP contribution in [-0.4, -0.2) is 104 Å². The van der Waals surface area contributed by atoms with E-state index in [1.165, 1.54) is 16.7 Å². The number of carboxylic acids is 2. The van der Waals surface area contributed by atoms with E-state index in [2.05, 4.69) is 5.32 Å². The second kappa shape index (κ2) is 13.9. The van der Waals surface area contributed by atoms with Crippen LogP contribution in [0.25, 0.3) is 0 Å². The third kappa shape index (κ3) is 6.46. The number of ether oxygens (including phenoxy) is 2. The molecule has 0 unspecified atom stereocenters. The van der Waals surface area contributed by atoms with Gasteiger partial charge in [-0.15, -0.1) is 11.8 Å². The Morgan fingerprint density at radius 2 is 1.60 bits per heavy atom. The summed E-state index contributed by atoms with van der Waals surface area (Å²) >= 11 is 1.22. The van der Waals surface area contributed by atoms with Crippen LogP contribution in [-0.2, 0) is 38.2 Å². The van der Waals surface area contributed by atoms with Crippen LogP contribution in [0.1, 0.15) is 53.4 Å². The third-order valence-corrected chi connectivity index (χ3v) is 8.57. The zero-order valence-electron chi connectivity index (χ0n) is 23.8. The number of aliphatic hydroxyl groups is 1. The smallest absolute Gasteiger partial charge is 0.352 e. The zero-order chi connectivity index (χ0) is 31.3. The average molecular weight is 610 g/mol. The van der Waals surface area contributed by atoms with Crippen LogP contribution in [0, 0.1) is 0 Å². The van der Waals surface area contributed by atoms with E-state index in [9.17, 15) is 44.1 Å². The number of hydrogen-bond acceptors (Lipinski definition) is 11. The van der Waals surface area contributed by atoms with E-state index >= 15 is 0 Å². The van der Waals surface area contributed by atoms with Crippen molar-refractivity contribution in [1.82, 2.24) is 15.1 Å². The average Bonchev–Trinajstić information content (AvgIpc) is 2.94. The highest BCUT2D eigenvalue weighted by Crippen LogP contribution is 2.40. The number of rotatable bonds is 13. The number of allylic oxidation sites excluding steroid dienone is 2. The molecule has 3 aliphatic rings. The third-order valence-electron chi connectivity index (χ3n) is 7.23. The molecule has 3 rings (SSSR count). The number of β-lactam (4-membered cyclic amide) rings is 1. The summed E-state index contributed by atoms with van der Waals surface area (Å²) in [5.74, 6) is -4.88. The Morgan fingerprint density at radius 3 is 2.07 bits per heavy atom. The van der Waals surface area contributed by atoms with Crippen molar-refractivity contribution in [3.05, 3.63) is 33.8 Å². The molecule has 1 saturated heterocycles. The number of aliphatic carboxylic acids is 2. The van der Waals surface area contributed by atoms with Crippen LogP contribution in [0.3, 0.4) is 0 Å². The fraction of sp³-hybridized carbons (Fsp3) is 0.556. The van der Waals surface area contributed by atoms with Crippen molar-refractivity contribution < 1.29 is 53.6 Å². The molecule has 14 nitrogen and oxygen atoms in total. The summed E-state index contributed by atoms with van der Waals surface area (Å²) in [4.78, 5) is 77.2. The van der Waals surface area contributed by atoms with Gasteiger partial charge in [0.05, 0.1) is 31.0 Å². The summed E-state index contributed by atoms with van der Waals surface area (Å²) < 4.78 is 10.3. The Bertz CT molecular complexity index is 1230. The number of esters is 2. The fourth-order valence-electron chi connectivity index (χ4n) is 5.19. The Hall–Kier alpha value is -3.85. The van der Waals surface area contributed by atoms with E-state index in [0.717, 1.165) is 4.90 Å². The molecule has 4 N–H and O–H groups in total. The van der Waals surface area contributed by atoms with E-state index < -0.39 is 59.8 Å². The normalized spacial score (nSPS) is 21.0. The number of amides is 2. The predicted molar refractivity (Wildman–Crippen MR) is 147 cm³/mol. The van der Waals surface area contributed by atoms with E-state index in [0.29, 0.717) is 11.4 Å². The minimum Gasteiger partial charge on any atom is -0.480 e. The highest BCUT2D eigenvalue weighted by atomic mass is 32.2. The molecule has 15 heteroatoms. The molecule has 0 aromatic rings. The fourth-order valence-corrected chi connectivity index (χ4v) is 6.52. The van der Waals surface area contributed by atoms with Gasteiger partial charge in [-0.2, -0.15) is 0 Å².